The average Bonchev–Trinajstić information content (AvgIpc) is 3.11. The zero-order valence-electron chi connectivity index (χ0n) is 17.2. The number of piperidine rings is 1. The lowest BCUT2D eigenvalue weighted by Gasteiger charge is -2.43. The first-order valence-corrected chi connectivity index (χ1v) is 10.4. The minimum atomic E-state index is -0.503. The number of ether oxygens (including phenoxy) is 1. The fourth-order valence-electron chi connectivity index (χ4n) is 4.71. The van der Waals surface area contributed by atoms with E-state index in [2.05, 4.69) is 5.16 Å². The molecule has 0 radical (unpaired) electrons. The number of para-hydroxylation sites is 1. The summed E-state index contributed by atoms with van der Waals surface area (Å²) in [6.07, 6.45) is 1.89. The molecule has 0 bridgehead atoms. The number of benzene rings is 2. The van der Waals surface area contributed by atoms with E-state index in [1.807, 2.05) is 55.1 Å². The predicted molar refractivity (Wildman–Crippen MR) is 112 cm³/mol. The van der Waals surface area contributed by atoms with Crippen LogP contribution in [0.15, 0.2) is 40.9 Å². The van der Waals surface area contributed by atoms with Crippen LogP contribution in [0, 0.1) is 13.8 Å². The molecule has 0 unspecified atom stereocenters. The van der Waals surface area contributed by atoms with E-state index in [4.69, 9.17) is 9.26 Å². The second-order valence-corrected chi connectivity index (χ2v) is 8.53. The molecule has 0 aliphatic carbocycles. The number of hydrogen-bond donors (Lipinski definition) is 0. The van der Waals surface area contributed by atoms with Gasteiger partial charge in [-0.15, -0.1) is 0 Å². The molecule has 1 spiro atoms. The number of nitrogens with zero attached hydrogens (tertiary/aromatic N) is 2. The average molecular weight is 404 g/mol. The van der Waals surface area contributed by atoms with Crippen molar-refractivity contribution in [3.05, 3.63) is 58.8 Å². The molecule has 1 amide bonds. The topological polar surface area (TPSA) is 72.6 Å². The summed E-state index contributed by atoms with van der Waals surface area (Å²) >= 11 is 0. The molecule has 1 saturated heterocycles. The summed E-state index contributed by atoms with van der Waals surface area (Å²) in [5.41, 5.74) is 3.72. The van der Waals surface area contributed by atoms with E-state index >= 15 is 0 Å². The third-order valence-electron chi connectivity index (χ3n) is 6.32. The minimum Gasteiger partial charge on any atom is -0.486 e. The molecule has 2 aliphatic heterocycles. The zero-order chi connectivity index (χ0) is 20.9. The monoisotopic (exact) mass is 404 g/mol. The smallest absolute Gasteiger partial charge is 0.228 e. The summed E-state index contributed by atoms with van der Waals surface area (Å²) < 4.78 is 11.7. The lowest BCUT2D eigenvalue weighted by molar-refractivity contribution is -0.134. The Labute approximate surface area is 174 Å². The number of likely N-dealkylation sites (tertiary alicyclic amines) is 1. The van der Waals surface area contributed by atoms with Crippen molar-refractivity contribution in [3.8, 4) is 5.75 Å². The van der Waals surface area contributed by atoms with Crippen molar-refractivity contribution in [2.45, 2.75) is 45.1 Å². The van der Waals surface area contributed by atoms with Gasteiger partial charge >= 0.3 is 0 Å². The van der Waals surface area contributed by atoms with Crippen LogP contribution in [-0.4, -0.2) is 40.4 Å². The van der Waals surface area contributed by atoms with Crippen molar-refractivity contribution in [1.29, 1.82) is 0 Å². The third kappa shape index (κ3) is 3.16. The molecule has 30 heavy (non-hydrogen) atoms. The third-order valence-corrected chi connectivity index (χ3v) is 6.32. The van der Waals surface area contributed by atoms with Gasteiger partial charge in [-0.1, -0.05) is 23.4 Å². The first-order chi connectivity index (χ1) is 14.4. The first kappa shape index (κ1) is 18.9. The van der Waals surface area contributed by atoms with Gasteiger partial charge in [0.1, 0.15) is 17.0 Å². The lowest BCUT2D eigenvalue weighted by atomic mass is 9.82. The number of ketones is 1. The van der Waals surface area contributed by atoms with Crippen molar-refractivity contribution >= 4 is 22.7 Å². The van der Waals surface area contributed by atoms with E-state index in [1.165, 1.54) is 0 Å². The molecule has 154 valence electrons. The fourth-order valence-corrected chi connectivity index (χ4v) is 4.71. The molecule has 0 N–H and O–H groups in total. The Bertz CT molecular complexity index is 1160. The van der Waals surface area contributed by atoms with E-state index < -0.39 is 5.60 Å². The molecule has 3 heterocycles. The molecule has 2 aliphatic rings. The molecule has 5 rings (SSSR count). The van der Waals surface area contributed by atoms with Crippen LogP contribution >= 0.6 is 0 Å². The van der Waals surface area contributed by atoms with E-state index in [0.29, 0.717) is 49.4 Å². The molecular formula is C24H24N2O4. The van der Waals surface area contributed by atoms with Crippen LogP contribution < -0.4 is 4.74 Å². The van der Waals surface area contributed by atoms with Crippen LogP contribution in [-0.2, 0) is 11.2 Å². The van der Waals surface area contributed by atoms with E-state index in [9.17, 15) is 9.59 Å². The highest BCUT2D eigenvalue weighted by atomic mass is 16.5. The Kier molecular flexibility index (Phi) is 4.38. The largest absolute Gasteiger partial charge is 0.486 e. The van der Waals surface area contributed by atoms with Crippen molar-refractivity contribution in [2.24, 2.45) is 0 Å². The fraction of sp³-hybridized carbons (Fsp3) is 0.375. The summed E-state index contributed by atoms with van der Waals surface area (Å²) in [6.45, 7) is 5.16. The maximum absolute atomic E-state index is 12.9. The number of rotatable bonds is 2. The second kappa shape index (κ2) is 6.97. The summed E-state index contributed by atoms with van der Waals surface area (Å²) in [7, 11) is 0. The number of fused-ring (bicyclic) bond motifs is 2. The van der Waals surface area contributed by atoms with Gasteiger partial charge in [0.05, 0.1) is 18.4 Å². The molecule has 1 aromatic heterocycles. The summed E-state index contributed by atoms with van der Waals surface area (Å²) in [4.78, 5) is 27.4. The van der Waals surface area contributed by atoms with Gasteiger partial charge in [0.2, 0.25) is 5.91 Å². The van der Waals surface area contributed by atoms with Gasteiger partial charge in [-0.25, -0.2) is 0 Å². The Balaban J connectivity index is 1.29. The van der Waals surface area contributed by atoms with E-state index in [-0.39, 0.29) is 18.1 Å². The van der Waals surface area contributed by atoms with Crippen LogP contribution in [0.2, 0.25) is 0 Å². The number of aryl methyl sites for hydroxylation is 2. The van der Waals surface area contributed by atoms with Crippen molar-refractivity contribution in [3.63, 3.8) is 0 Å². The summed E-state index contributed by atoms with van der Waals surface area (Å²) in [5.74, 6) is 0.812. The number of carbonyl (C=O) groups excluding carboxylic acids is 2. The Morgan fingerprint density at radius 3 is 2.73 bits per heavy atom. The number of Topliss-reactive ketones (excluding diaryl/α,β-unsaturated/α-hetero) is 1. The minimum absolute atomic E-state index is 0.0294. The standard InChI is InChI=1S/C24H24N2O4/c1-15-11-16(2)23-18(12-15)19(25-30-23)13-22(28)26-9-7-24(8-10-26)14-20(27)17-5-3-4-6-21(17)29-24/h3-6,11-12H,7-10,13-14H2,1-2H3. The van der Waals surface area contributed by atoms with Crippen molar-refractivity contribution in [2.75, 3.05) is 13.1 Å². The molecule has 3 aromatic rings. The van der Waals surface area contributed by atoms with Gasteiger partial charge in [0.25, 0.3) is 0 Å². The highest BCUT2D eigenvalue weighted by molar-refractivity contribution is 6.00. The quantitative estimate of drug-likeness (QED) is 0.645. The maximum Gasteiger partial charge on any atom is 0.228 e. The van der Waals surface area contributed by atoms with Crippen molar-refractivity contribution < 1.29 is 18.8 Å². The molecule has 0 atom stereocenters. The zero-order valence-corrected chi connectivity index (χ0v) is 17.2. The lowest BCUT2D eigenvalue weighted by Crippen LogP contribution is -2.52. The summed E-state index contributed by atoms with van der Waals surface area (Å²) in [5, 5.41) is 5.07. The Morgan fingerprint density at radius 1 is 1.17 bits per heavy atom. The molecular weight excluding hydrogens is 380 g/mol. The van der Waals surface area contributed by atoms with Crippen LogP contribution in [0.1, 0.15) is 46.4 Å². The van der Waals surface area contributed by atoms with Gasteiger partial charge in [-0.2, -0.15) is 0 Å². The molecule has 6 nitrogen and oxygen atoms in total. The van der Waals surface area contributed by atoms with Crippen LogP contribution in [0.4, 0.5) is 0 Å². The van der Waals surface area contributed by atoms with Crippen LogP contribution in [0.25, 0.3) is 11.0 Å². The summed E-state index contributed by atoms with van der Waals surface area (Å²) in [6, 6.07) is 11.5. The molecule has 1 fully saturated rings. The Morgan fingerprint density at radius 2 is 1.93 bits per heavy atom. The van der Waals surface area contributed by atoms with Gasteiger partial charge in [0.15, 0.2) is 11.4 Å². The van der Waals surface area contributed by atoms with Gasteiger partial charge < -0.3 is 14.2 Å². The Hall–Kier alpha value is -3.15. The first-order valence-electron chi connectivity index (χ1n) is 10.4. The van der Waals surface area contributed by atoms with Crippen LogP contribution in [0.5, 0.6) is 5.75 Å². The van der Waals surface area contributed by atoms with Crippen molar-refractivity contribution in [1.82, 2.24) is 10.1 Å². The normalized spacial score (nSPS) is 17.8. The number of carbonyl (C=O) groups is 2. The highest BCUT2D eigenvalue weighted by Gasteiger charge is 2.43. The van der Waals surface area contributed by atoms with Gasteiger partial charge in [-0.05, 0) is 43.2 Å². The maximum atomic E-state index is 12.9. The van der Waals surface area contributed by atoms with Gasteiger partial charge in [0, 0.05) is 31.3 Å². The molecule has 6 heteroatoms. The highest BCUT2D eigenvalue weighted by Crippen LogP contribution is 2.39. The van der Waals surface area contributed by atoms with Gasteiger partial charge in [-0.3, -0.25) is 9.59 Å². The predicted octanol–water partition coefficient (Wildman–Crippen LogP) is 4.01. The SMILES string of the molecule is Cc1cc(C)c2onc(CC(=O)N3CCC4(CC3)CC(=O)c3ccccc3O4)c2c1. The number of hydrogen-bond acceptors (Lipinski definition) is 5. The second-order valence-electron chi connectivity index (χ2n) is 8.53. The number of aromatic nitrogens is 1. The van der Waals surface area contributed by atoms with Crippen LogP contribution in [0.3, 0.4) is 0 Å². The molecule has 2 aromatic carbocycles. The van der Waals surface area contributed by atoms with E-state index in [1.54, 1.807) is 0 Å². The van der Waals surface area contributed by atoms with E-state index in [0.717, 1.165) is 22.1 Å². The number of amides is 1. The molecule has 0 saturated carbocycles.